The van der Waals surface area contributed by atoms with Gasteiger partial charge in [-0.25, -0.2) is 8.42 Å². The topological polar surface area (TPSA) is 57.9 Å². The van der Waals surface area contributed by atoms with Crippen molar-refractivity contribution in [3.8, 4) is 17.2 Å². The van der Waals surface area contributed by atoms with Gasteiger partial charge in [0.05, 0.1) is 16.5 Å². The first-order valence-corrected chi connectivity index (χ1v) is 6.56. The van der Waals surface area contributed by atoms with Crippen LogP contribution in [0.4, 0.5) is 0 Å². The number of benzene rings is 2. The van der Waals surface area contributed by atoms with E-state index in [1.165, 1.54) is 0 Å². The molecule has 0 fully saturated rings. The lowest BCUT2D eigenvalue weighted by atomic mass is 9.96. The van der Waals surface area contributed by atoms with E-state index in [9.17, 15) is 8.42 Å². The van der Waals surface area contributed by atoms with Crippen molar-refractivity contribution in [2.75, 3.05) is 0 Å². The van der Waals surface area contributed by atoms with Gasteiger partial charge in [0, 0.05) is 5.56 Å². The smallest absolute Gasteiger partial charge is 0.168 e. The molecule has 4 heteroatoms. The lowest BCUT2D eigenvalue weighted by Gasteiger charge is -2.08. The van der Waals surface area contributed by atoms with Gasteiger partial charge >= 0.3 is 0 Å². The maximum Gasteiger partial charge on any atom is 0.168 e. The maximum atomic E-state index is 10.8. The summed E-state index contributed by atoms with van der Waals surface area (Å²) in [5.41, 5.74) is 3.29. The van der Waals surface area contributed by atoms with Crippen LogP contribution in [-0.4, -0.2) is 8.42 Å². The summed E-state index contributed by atoms with van der Waals surface area (Å²) in [4.78, 5) is 0.279. The van der Waals surface area contributed by atoms with Crippen molar-refractivity contribution in [3.63, 3.8) is 0 Å². The van der Waals surface area contributed by atoms with Crippen LogP contribution >= 0.6 is 0 Å². The molecule has 0 unspecified atom stereocenters. The Hall–Kier alpha value is -2.12. The molecule has 3 nitrogen and oxygen atoms in total. The number of nitriles is 1. The van der Waals surface area contributed by atoms with Crippen molar-refractivity contribution in [1.82, 2.24) is 0 Å². The Bertz CT molecular complexity index is 687. The van der Waals surface area contributed by atoms with E-state index in [0.29, 0.717) is 5.56 Å². The van der Waals surface area contributed by atoms with Gasteiger partial charge in [0.25, 0.3) is 0 Å². The van der Waals surface area contributed by atoms with Crippen LogP contribution in [0, 0.1) is 18.3 Å². The van der Waals surface area contributed by atoms with Gasteiger partial charge in [0.15, 0.2) is 10.7 Å². The van der Waals surface area contributed by atoms with E-state index >= 15 is 0 Å². The van der Waals surface area contributed by atoms with Crippen LogP contribution in [0.2, 0.25) is 0 Å². The molecular weight excluding hydrogens is 246 g/mol. The van der Waals surface area contributed by atoms with E-state index < -0.39 is 10.7 Å². The Labute approximate surface area is 107 Å². The number of nitrogens with zero attached hydrogens (tertiary/aromatic N) is 1. The second kappa shape index (κ2) is 5.03. The first-order valence-electron chi connectivity index (χ1n) is 5.38. The molecule has 0 spiro atoms. The fourth-order valence-corrected chi connectivity index (χ4v) is 2.29. The zero-order valence-electron chi connectivity index (χ0n) is 9.75. The van der Waals surface area contributed by atoms with Crippen LogP contribution in [0.15, 0.2) is 47.4 Å². The zero-order valence-corrected chi connectivity index (χ0v) is 10.6. The lowest BCUT2D eigenvalue weighted by molar-refractivity contribution is 0.614. The molecule has 0 heterocycles. The SMILES string of the molecule is Cc1cccc(C#N)c1-c1ccc([SH](=O)=O)cc1. The summed E-state index contributed by atoms with van der Waals surface area (Å²) in [6.45, 7) is 1.93. The van der Waals surface area contributed by atoms with Gasteiger partial charge in [-0.15, -0.1) is 0 Å². The Morgan fingerprint density at radius 2 is 1.72 bits per heavy atom. The highest BCUT2D eigenvalue weighted by Crippen LogP contribution is 2.27. The summed E-state index contributed by atoms with van der Waals surface area (Å²) in [6, 6.07) is 14.2. The molecular formula is C14H11NO2S. The molecule has 0 N–H and O–H groups in total. The highest BCUT2D eigenvalue weighted by molar-refractivity contribution is 7.72. The molecule has 0 atom stereocenters. The summed E-state index contributed by atoms with van der Waals surface area (Å²) < 4.78 is 21.6. The third-order valence-electron chi connectivity index (χ3n) is 2.76. The van der Waals surface area contributed by atoms with Crippen molar-refractivity contribution in [2.45, 2.75) is 11.8 Å². The number of thiol groups is 1. The third-order valence-corrected chi connectivity index (χ3v) is 3.48. The molecule has 2 aromatic carbocycles. The first kappa shape index (κ1) is 12.3. The van der Waals surface area contributed by atoms with Gasteiger partial charge in [-0.2, -0.15) is 5.26 Å². The van der Waals surface area contributed by atoms with Crippen molar-refractivity contribution in [2.24, 2.45) is 0 Å². The first-order chi connectivity index (χ1) is 8.63. The van der Waals surface area contributed by atoms with Crippen LogP contribution in [-0.2, 0) is 10.7 Å². The minimum Gasteiger partial charge on any atom is -0.227 e. The molecule has 0 aliphatic rings. The van der Waals surface area contributed by atoms with Gasteiger partial charge in [0.1, 0.15) is 0 Å². The molecule has 0 aliphatic carbocycles. The molecule has 0 radical (unpaired) electrons. The van der Waals surface area contributed by atoms with E-state index in [-0.39, 0.29) is 4.90 Å². The lowest BCUT2D eigenvalue weighted by Crippen LogP contribution is -1.89. The van der Waals surface area contributed by atoms with Crippen molar-refractivity contribution in [3.05, 3.63) is 53.6 Å². The van der Waals surface area contributed by atoms with E-state index in [0.717, 1.165) is 16.7 Å². The van der Waals surface area contributed by atoms with Gasteiger partial charge in [-0.05, 0) is 36.2 Å². The molecule has 0 amide bonds. The molecule has 18 heavy (non-hydrogen) atoms. The molecule has 90 valence electrons. The molecule has 0 bridgehead atoms. The van der Waals surface area contributed by atoms with Crippen LogP contribution in [0.3, 0.4) is 0 Å². The minimum atomic E-state index is -2.56. The van der Waals surface area contributed by atoms with Gasteiger partial charge in [0.2, 0.25) is 0 Å². The fourth-order valence-electron chi connectivity index (χ4n) is 1.89. The third kappa shape index (κ3) is 2.27. The predicted octanol–water partition coefficient (Wildman–Crippen LogP) is 2.50. The van der Waals surface area contributed by atoms with E-state index in [2.05, 4.69) is 6.07 Å². The van der Waals surface area contributed by atoms with Gasteiger partial charge in [-0.3, -0.25) is 0 Å². The van der Waals surface area contributed by atoms with Crippen LogP contribution in [0.5, 0.6) is 0 Å². The maximum absolute atomic E-state index is 10.8. The summed E-state index contributed by atoms with van der Waals surface area (Å²) in [6.07, 6.45) is 0. The van der Waals surface area contributed by atoms with E-state index in [1.54, 1.807) is 30.3 Å². The van der Waals surface area contributed by atoms with Gasteiger partial charge < -0.3 is 0 Å². The summed E-state index contributed by atoms with van der Waals surface area (Å²) in [5, 5.41) is 9.10. The number of aryl methyl sites for hydroxylation is 1. The van der Waals surface area contributed by atoms with Gasteiger partial charge in [-0.1, -0.05) is 24.3 Å². The highest BCUT2D eigenvalue weighted by Gasteiger charge is 2.07. The quantitative estimate of drug-likeness (QED) is 0.841. The second-order valence-electron chi connectivity index (χ2n) is 3.91. The van der Waals surface area contributed by atoms with Crippen molar-refractivity contribution in [1.29, 1.82) is 5.26 Å². The Morgan fingerprint density at radius 3 is 2.28 bits per heavy atom. The van der Waals surface area contributed by atoms with Crippen molar-refractivity contribution >= 4 is 10.7 Å². The fraction of sp³-hybridized carbons (Fsp3) is 0.0714. The second-order valence-corrected chi connectivity index (χ2v) is 4.94. The predicted molar refractivity (Wildman–Crippen MR) is 69.9 cm³/mol. The number of hydrogen-bond donors (Lipinski definition) is 1. The Kier molecular flexibility index (Phi) is 3.45. The van der Waals surface area contributed by atoms with Crippen LogP contribution < -0.4 is 0 Å². The monoisotopic (exact) mass is 257 g/mol. The number of rotatable bonds is 2. The molecule has 0 aliphatic heterocycles. The van der Waals surface area contributed by atoms with Crippen LogP contribution in [0.1, 0.15) is 11.1 Å². The molecule has 0 saturated heterocycles. The van der Waals surface area contributed by atoms with Crippen LogP contribution in [0.25, 0.3) is 11.1 Å². The molecule has 2 aromatic rings. The van der Waals surface area contributed by atoms with Crippen molar-refractivity contribution < 1.29 is 8.42 Å². The summed E-state index contributed by atoms with van der Waals surface area (Å²) in [7, 11) is -2.56. The normalized spacial score (nSPS) is 10.3. The summed E-state index contributed by atoms with van der Waals surface area (Å²) in [5.74, 6) is 0. The zero-order chi connectivity index (χ0) is 13.1. The van der Waals surface area contributed by atoms with E-state index in [4.69, 9.17) is 5.26 Å². The average Bonchev–Trinajstić information content (AvgIpc) is 2.38. The standard InChI is InChI=1S/C14H11NO2S/c1-10-3-2-4-12(9-15)14(10)11-5-7-13(8-6-11)18(16)17/h2-8,18H,1H3. The average molecular weight is 257 g/mol. The largest absolute Gasteiger partial charge is 0.227 e. The van der Waals surface area contributed by atoms with E-state index in [1.807, 2.05) is 19.1 Å². The Balaban J connectivity index is 2.59. The molecule has 2 rings (SSSR count). The highest BCUT2D eigenvalue weighted by atomic mass is 32.2. The number of hydrogen-bond acceptors (Lipinski definition) is 3. The molecule has 0 aromatic heterocycles. The minimum absolute atomic E-state index is 0.279. The Morgan fingerprint density at radius 1 is 1.06 bits per heavy atom. The summed E-state index contributed by atoms with van der Waals surface area (Å²) >= 11 is 0. The molecule has 0 saturated carbocycles.